The van der Waals surface area contributed by atoms with Gasteiger partial charge in [0.25, 0.3) is 0 Å². The van der Waals surface area contributed by atoms with Crippen molar-refractivity contribution in [1.82, 2.24) is 15.2 Å². The summed E-state index contributed by atoms with van der Waals surface area (Å²) in [6.07, 6.45) is 3.21. The number of pyridine rings is 1. The molecule has 2 heterocycles. The first kappa shape index (κ1) is 12.5. The average molecular weight is 334 g/mol. The summed E-state index contributed by atoms with van der Waals surface area (Å²) in [5.41, 5.74) is 1.44. The van der Waals surface area contributed by atoms with Crippen LogP contribution < -0.4 is 5.32 Å². The Morgan fingerprint density at radius 3 is 2.95 bits per heavy atom. The van der Waals surface area contributed by atoms with Crippen LogP contribution in [0.25, 0.3) is 10.9 Å². The third kappa shape index (κ3) is 2.32. The van der Waals surface area contributed by atoms with E-state index in [1.54, 1.807) is 6.20 Å². The molecule has 7 nitrogen and oxygen atoms in total. The molecule has 0 aliphatic heterocycles. The van der Waals surface area contributed by atoms with Crippen LogP contribution in [0.5, 0.6) is 0 Å². The van der Waals surface area contributed by atoms with Crippen molar-refractivity contribution in [2.24, 2.45) is 0 Å². The Morgan fingerprint density at radius 1 is 1.30 bits per heavy atom. The smallest absolute Gasteiger partial charge is 0.312 e. The van der Waals surface area contributed by atoms with Crippen LogP contribution in [0.2, 0.25) is 0 Å². The van der Waals surface area contributed by atoms with Gasteiger partial charge in [-0.3, -0.25) is 15.2 Å². The lowest BCUT2D eigenvalue weighted by molar-refractivity contribution is -0.384. The summed E-state index contributed by atoms with van der Waals surface area (Å²) >= 11 is 3.17. The van der Waals surface area contributed by atoms with Gasteiger partial charge in [0.2, 0.25) is 5.82 Å². The first-order valence-electron chi connectivity index (χ1n) is 5.63. The zero-order valence-electron chi connectivity index (χ0n) is 10.0. The van der Waals surface area contributed by atoms with E-state index in [0.717, 1.165) is 10.9 Å². The third-order valence-electron chi connectivity index (χ3n) is 2.74. The molecule has 3 aromatic rings. The Bertz CT molecular complexity index is 801. The molecule has 1 aromatic carbocycles. The maximum atomic E-state index is 11.0. The van der Waals surface area contributed by atoms with Gasteiger partial charge in [-0.05, 0) is 34.1 Å². The molecule has 0 atom stereocenters. The second-order valence-corrected chi connectivity index (χ2v) is 4.99. The fraction of sp³-hybridized carbons (Fsp3) is 0. The quantitative estimate of drug-likeness (QED) is 0.565. The Morgan fingerprint density at radius 2 is 2.15 bits per heavy atom. The molecule has 3 rings (SSSR count). The maximum absolute atomic E-state index is 11.0. The van der Waals surface area contributed by atoms with Crippen LogP contribution in [0.1, 0.15) is 0 Å². The Kier molecular flexibility index (Phi) is 3.07. The van der Waals surface area contributed by atoms with Gasteiger partial charge in [-0.2, -0.15) is 5.10 Å². The molecule has 0 saturated carbocycles. The van der Waals surface area contributed by atoms with Crippen molar-refractivity contribution in [3.05, 3.63) is 51.2 Å². The van der Waals surface area contributed by atoms with Crippen molar-refractivity contribution in [3.8, 4) is 0 Å². The Hall–Kier alpha value is -2.48. The number of hydrogen-bond donors (Lipinski definition) is 2. The minimum atomic E-state index is -0.477. The molecule has 0 radical (unpaired) electrons. The van der Waals surface area contributed by atoms with Crippen molar-refractivity contribution < 1.29 is 4.92 Å². The van der Waals surface area contributed by atoms with Crippen molar-refractivity contribution in [3.63, 3.8) is 0 Å². The highest BCUT2D eigenvalue weighted by Crippen LogP contribution is 2.28. The average Bonchev–Trinajstić information content (AvgIpc) is 2.88. The number of hydrogen-bond acceptors (Lipinski definition) is 5. The van der Waals surface area contributed by atoms with Crippen LogP contribution >= 0.6 is 15.9 Å². The molecule has 0 amide bonds. The summed E-state index contributed by atoms with van der Waals surface area (Å²) in [4.78, 5) is 14.6. The predicted molar refractivity (Wildman–Crippen MR) is 78.0 cm³/mol. The molecule has 0 fully saturated rings. The number of benzene rings is 1. The molecule has 100 valence electrons. The summed E-state index contributed by atoms with van der Waals surface area (Å²) in [6.45, 7) is 0. The number of nitrogens with one attached hydrogen (secondary N) is 2. The highest BCUT2D eigenvalue weighted by molar-refractivity contribution is 9.10. The largest absolute Gasteiger partial charge is 0.334 e. The zero-order valence-corrected chi connectivity index (χ0v) is 11.6. The van der Waals surface area contributed by atoms with E-state index in [9.17, 15) is 10.1 Å². The lowest BCUT2D eigenvalue weighted by atomic mass is 10.2. The van der Waals surface area contributed by atoms with Gasteiger partial charge in [-0.15, -0.1) is 0 Å². The van der Waals surface area contributed by atoms with Crippen LogP contribution in [0.3, 0.4) is 0 Å². The minimum absolute atomic E-state index is 0.0934. The van der Waals surface area contributed by atoms with Crippen molar-refractivity contribution >= 4 is 44.0 Å². The fourth-order valence-corrected chi connectivity index (χ4v) is 2.13. The van der Waals surface area contributed by atoms with E-state index in [4.69, 9.17) is 0 Å². The number of anilines is 2. The molecular weight excluding hydrogens is 326 g/mol. The fourth-order valence-electron chi connectivity index (χ4n) is 1.82. The number of fused-ring (bicyclic) bond motifs is 1. The van der Waals surface area contributed by atoms with E-state index < -0.39 is 4.92 Å². The number of aromatic amines is 1. The van der Waals surface area contributed by atoms with Gasteiger partial charge < -0.3 is 5.32 Å². The Balaban J connectivity index is 1.99. The second kappa shape index (κ2) is 4.89. The van der Waals surface area contributed by atoms with Gasteiger partial charge >= 0.3 is 5.69 Å². The summed E-state index contributed by atoms with van der Waals surface area (Å²) in [6, 6.07) is 6.90. The first-order chi connectivity index (χ1) is 9.63. The molecule has 0 saturated heterocycles. The van der Waals surface area contributed by atoms with Crippen LogP contribution in [0, 0.1) is 10.1 Å². The van der Waals surface area contributed by atoms with E-state index in [-0.39, 0.29) is 11.5 Å². The summed E-state index contributed by atoms with van der Waals surface area (Å²) in [5, 5.41) is 21.7. The number of aromatic nitrogens is 3. The monoisotopic (exact) mass is 333 g/mol. The van der Waals surface area contributed by atoms with Crippen molar-refractivity contribution in [2.75, 3.05) is 5.32 Å². The molecule has 0 aliphatic carbocycles. The molecule has 20 heavy (non-hydrogen) atoms. The number of nitro groups is 1. The van der Waals surface area contributed by atoms with Crippen LogP contribution in [0.4, 0.5) is 17.2 Å². The minimum Gasteiger partial charge on any atom is -0.334 e. The first-order valence-corrected chi connectivity index (χ1v) is 6.43. The molecule has 0 bridgehead atoms. The number of rotatable bonds is 3. The van der Waals surface area contributed by atoms with Gasteiger partial charge in [-0.25, -0.2) is 4.98 Å². The van der Waals surface area contributed by atoms with E-state index in [0.29, 0.717) is 10.2 Å². The van der Waals surface area contributed by atoms with Gasteiger partial charge in [0, 0.05) is 27.8 Å². The van der Waals surface area contributed by atoms with Crippen molar-refractivity contribution in [1.29, 1.82) is 0 Å². The molecular formula is C12H8BrN5O2. The number of halogens is 1. The molecule has 2 aromatic heterocycles. The maximum Gasteiger partial charge on any atom is 0.312 e. The molecule has 0 aliphatic rings. The second-order valence-electron chi connectivity index (χ2n) is 4.08. The van der Waals surface area contributed by atoms with Gasteiger partial charge in [0.05, 0.1) is 16.6 Å². The predicted octanol–water partition coefficient (Wildman–Crippen LogP) is 3.37. The Labute approximate surface area is 121 Å². The summed E-state index contributed by atoms with van der Waals surface area (Å²) < 4.78 is 0.554. The topological polar surface area (TPSA) is 96.7 Å². The van der Waals surface area contributed by atoms with E-state index >= 15 is 0 Å². The standard InChI is InChI=1S/C12H8BrN5O2/c13-8-3-11(18(19)20)12(14-6-8)16-9-2-1-7-5-15-17-10(7)4-9/h1-6H,(H,14,16)(H,15,17). The summed E-state index contributed by atoms with van der Waals surface area (Å²) in [7, 11) is 0. The number of H-pyrrole nitrogens is 1. The van der Waals surface area contributed by atoms with E-state index in [2.05, 4.69) is 36.4 Å². The number of nitrogens with zero attached hydrogens (tertiary/aromatic N) is 3. The van der Waals surface area contributed by atoms with Crippen molar-refractivity contribution in [2.45, 2.75) is 0 Å². The highest BCUT2D eigenvalue weighted by atomic mass is 79.9. The third-order valence-corrected chi connectivity index (χ3v) is 3.17. The molecule has 0 spiro atoms. The lowest BCUT2D eigenvalue weighted by Gasteiger charge is -2.06. The molecule has 2 N–H and O–H groups in total. The van der Waals surface area contributed by atoms with Crippen LogP contribution in [0.15, 0.2) is 41.1 Å². The van der Waals surface area contributed by atoms with E-state index in [1.165, 1.54) is 12.3 Å². The van der Waals surface area contributed by atoms with Gasteiger partial charge in [-0.1, -0.05) is 0 Å². The SMILES string of the molecule is O=[N+]([O-])c1cc(Br)cnc1Nc1ccc2cn[nH]c2c1. The van der Waals surface area contributed by atoms with Crippen LogP contribution in [-0.2, 0) is 0 Å². The zero-order chi connectivity index (χ0) is 14.1. The van der Waals surface area contributed by atoms with Gasteiger partial charge in [0.15, 0.2) is 0 Å². The normalized spacial score (nSPS) is 10.7. The summed E-state index contributed by atoms with van der Waals surface area (Å²) in [5.74, 6) is 0.192. The van der Waals surface area contributed by atoms with Gasteiger partial charge in [0.1, 0.15) is 0 Å². The molecule has 0 unspecified atom stereocenters. The highest BCUT2D eigenvalue weighted by Gasteiger charge is 2.16. The van der Waals surface area contributed by atoms with Crippen LogP contribution in [-0.4, -0.2) is 20.1 Å². The lowest BCUT2D eigenvalue weighted by Crippen LogP contribution is -1.99. The van der Waals surface area contributed by atoms with E-state index in [1.807, 2.05) is 18.2 Å². The molecule has 8 heteroatoms.